The zero-order valence-corrected chi connectivity index (χ0v) is 19.4. The molecule has 0 unspecified atom stereocenters. The van der Waals surface area contributed by atoms with Crippen LogP contribution in [0.4, 0.5) is 0 Å². The van der Waals surface area contributed by atoms with Crippen LogP contribution in [0, 0.1) is 5.92 Å². The van der Waals surface area contributed by atoms with Crippen molar-refractivity contribution in [3.05, 3.63) is 42.4 Å². The van der Waals surface area contributed by atoms with Gasteiger partial charge in [0.1, 0.15) is 15.9 Å². The van der Waals surface area contributed by atoms with Crippen molar-refractivity contribution in [3.63, 3.8) is 0 Å². The van der Waals surface area contributed by atoms with Crippen LogP contribution in [0.1, 0.15) is 23.4 Å². The second-order valence-corrected chi connectivity index (χ2v) is 10.6. The molecule has 0 saturated carbocycles. The number of hydrogen-bond donors (Lipinski definition) is 0. The minimum Gasteiger partial charge on any atom is -0.459 e. The van der Waals surface area contributed by atoms with E-state index in [9.17, 15) is 18.0 Å². The maximum atomic E-state index is 13.4. The van der Waals surface area contributed by atoms with Crippen LogP contribution < -0.4 is 0 Å². The van der Waals surface area contributed by atoms with Crippen molar-refractivity contribution in [1.82, 2.24) is 22.9 Å². The van der Waals surface area contributed by atoms with E-state index in [0.717, 1.165) is 11.7 Å². The Kier molecular flexibility index (Phi) is 5.89. The van der Waals surface area contributed by atoms with Gasteiger partial charge in [-0.05, 0) is 37.1 Å². The maximum Gasteiger partial charge on any atom is 0.289 e. The molecule has 0 aliphatic carbocycles. The van der Waals surface area contributed by atoms with Gasteiger partial charge in [-0.2, -0.15) is 13.1 Å². The summed E-state index contributed by atoms with van der Waals surface area (Å²) in [5, 5.41) is 0. The molecule has 2 fully saturated rings. The van der Waals surface area contributed by atoms with Gasteiger partial charge in [-0.3, -0.25) is 9.59 Å². The Bertz CT molecular complexity index is 1270. The molecule has 3 aromatic rings. The number of carbonyl (C=O) groups is 2. The third-order valence-electron chi connectivity index (χ3n) is 6.21. The van der Waals surface area contributed by atoms with Crippen LogP contribution in [0.25, 0.3) is 11.0 Å². The molecule has 174 valence electrons. The number of furan rings is 1. The predicted molar refractivity (Wildman–Crippen MR) is 120 cm³/mol. The first-order valence-corrected chi connectivity index (χ1v) is 12.9. The minimum atomic E-state index is -3.80. The molecule has 10 nitrogen and oxygen atoms in total. The molecule has 2 amide bonds. The van der Waals surface area contributed by atoms with Gasteiger partial charge >= 0.3 is 0 Å². The molecule has 2 aliphatic heterocycles. The van der Waals surface area contributed by atoms with Gasteiger partial charge in [0.25, 0.3) is 5.91 Å². The summed E-state index contributed by atoms with van der Waals surface area (Å²) >= 11 is 0.978. The zero-order chi connectivity index (χ0) is 23.0. The molecule has 2 saturated heterocycles. The summed E-state index contributed by atoms with van der Waals surface area (Å²) in [7, 11) is -3.80. The molecule has 5 rings (SSSR count). The van der Waals surface area contributed by atoms with E-state index in [1.165, 1.54) is 10.6 Å². The molecule has 2 aliphatic rings. The number of piperidine rings is 1. The standard InChI is InChI=1S/C21H23N5O5S2/c27-20(24-9-11-25(12-10-24)21(28)17-6-3-13-31-17)15-4-2-8-26(14-15)33(29,30)18-7-1-5-16-19(18)23-32-22-16/h1,3,5-7,13,15H,2,4,8-12,14H2/t15-/m1/s1. The summed E-state index contributed by atoms with van der Waals surface area (Å²) in [5.74, 6) is -0.372. The lowest BCUT2D eigenvalue weighted by Gasteiger charge is -2.38. The first kappa shape index (κ1) is 22.0. The molecule has 4 heterocycles. The molecule has 0 spiro atoms. The summed E-state index contributed by atoms with van der Waals surface area (Å²) in [6.45, 7) is 2.17. The topological polar surface area (TPSA) is 117 Å². The quantitative estimate of drug-likeness (QED) is 0.547. The van der Waals surface area contributed by atoms with Crippen LogP contribution in [-0.4, -0.2) is 82.4 Å². The highest BCUT2D eigenvalue weighted by molar-refractivity contribution is 7.89. The third-order valence-corrected chi connectivity index (χ3v) is 8.65. The Labute approximate surface area is 195 Å². The minimum absolute atomic E-state index is 0.0615. The van der Waals surface area contributed by atoms with E-state index in [0.29, 0.717) is 56.6 Å². The second-order valence-electron chi connectivity index (χ2n) is 8.19. The Morgan fingerprint density at radius 2 is 1.79 bits per heavy atom. The summed E-state index contributed by atoms with van der Waals surface area (Å²) < 4.78 is 41.6. The number of nitrogens with zero attached hydrogens (tertiary/aromatic N) is 5. The Balaban J connectivity index is 1.25. The number of piperazine rings is 1. The maximum absolute atomic E-state index is 13.4. The monoisotopic (exact) mass is 489 g/mol. The predicted octanol–water partition coefficient (Wildman–Crippen LogP) is 1.67. The number of carbonyl (C=O) groups excluding carboxylic acids is 2. The van der Waals surface area contributed by atoms with E-state index in [1.54, 1.807) is 40.1 Å². The van der Waals surface area contributed by atoms with Gasteiger partial charge in [-0.1, -0.05) is 6.07 Å². The smallest absolute Gasteiger partial charge is 0.289 e. The number of fused-ring (bicyclic) bond motifs is 1. The summed E-state index contributed by atoms with van der Waals surface area (Å²) in [5.41, 5.74) is 0.918. The molecular formula is C21H23N5O5S2. The highest BCUT2D eigenvalue weighted by atomic mass is 32.2. The van der Waals surface area contributed by atoms with Crippen molar-refractivity contribution in [1.29, 1.82) is 0 Å². The number of amides is 2. The molecule has 0 bridgehead atoms. The molecule has 1 atom stereocenters. The van der Waals surface area contributed by atoms with E-state index in [1.807, 2.05) is 0 Å². The van der Waals surface area contributed by atoms with Crippen molar-refractivity contribution in [2.24, 2.45) is 5.92 Å². The van der Waals surface area contributed by atoms with Crippen molar-refractivity contribution in [2.45, 2.75) is 17.7 Å². The second kappa shape index (κ2) is 8.84. The Morgan fingerprint density at radius 3 is 2.55 bits per heavy atom. The van der Waals surface area contributed by atoms with Gasteiger partial charge in [0, 0.05) is 39.3 Å². The van der Waals surface area contributed by atoms with Crippen molar-refractivity contribution >= 4 is 44.6 Å². The lowest BCUT2D eigenvalue weighted by Crippen LogP contribution is -2.54. The summed E-state index contributed by atoms with van der Waals surface area (Å²) in [6, 6.07) is 8.23. The van der Waals surface area contributed by atoms with Crippen molar-refractivity contribution < 1.29 is 22.4 Å². The van der Waals surface area contributed by atoms with Gasteiger partial charge in [-0.15, -0.1) is 0 Å². The normalized spacial score (nSPS) is 20.3. The molecule has 1 aromatic carbocycles. The number of aromatic nitrogens is 2. The highest BCUT2D eigenvalue weighted by Gasteiger charge is 2.37. The van der Waals surface area contributed by atoms with E-state index < -0.39 is 15.9 Å². The van der Waals surface area contributed by atoms with Crippen LogP contribution in [0.15, 0.2) is 45.9 Å². The number of hydrogen-bond acceptors (Lipinski definition) is 8. The fourth-order valence-electron chi connectivity index (χ4n) is 4.44. The van der Waals surface area contributed by atoms with Crippen LogP contribution in [0.5, 0.6) is 0 Å². The average molecular weight is 490 g/mol. The zero-order valence-electron chi connectivity index (χ0n) is 17.8. The van der Waals surface area contributed by atoms with Crippen LogP contribution >= 0.6 is 11.7 Å². The average Bonchev–Trinajstić information content (AvgIpc) is 3.55. The summed E-state index contributed by atoms with van der Waals surface area (Å²) in [4.78, 5) is 29.2. The van der Waals surface area contributed by atoms with Gasteiger partial charge in [0.2, 0.25) is 15.9 Å². The Hall–Kier alpha value is -2.83. The van der Waals surface area contributed by atoms with E-state index >= 15 is 0 Å². The fraction of sp³-hybridized carbons (Fsp3) is 0.429. The van der Waals surface area contributed by atoms with Crippen LogP contribution in [0.2, 0.25) is 0 Å². The summed E-state index contributed by atoms with van der Waals surface area (Å²) in [6.07, 6.45) is 2.71. The molecular weight excluding hydrogens is 466 g/mol. The van der Waals surface area contributed by atoms with E-state index in [2.05, 4.69) is 8.75 Å². The van der Waals surface area contributed by atoms with Gasteiger partial charge in [0.15, 0.2) is 5.76 Å². The fourth-order valence-corrected chi connectivity index (χ4v) is 6.71. The lowest BCUT2D eigenvalue weighted by atomic mass is 9.97. The Morgan fingerprint density at radius 1 is 1.00 bits per heavy atom. The molecule has 33 heavy (non-hydrogen) atoms. The highest BCUT2D eigenvalue weighted by Crippen LogP contribution is 2.29. The van der Waals surface area contributed by atoms with Crippen LogP contribution in [0.3, 0.4) is 0 Å². The molecule has 2 aromatic heterocycles. The lowest BCUT2D eigenvalue weighted by molar-refractivity contribution is -0.138. The molecule has 0 radical (unpaired) electrons. The number of benzene rings is 1. The van der Waals surface area contributed by atoms with Crippen molar-refractivity contribution in [2.75, 3.05) is 39.3 Å². The van der Waals surface area contributed by atoms with Gasteiger partial charge < -0.3 is 14.2 Å². The van der Waals surface area contributed by atoms with Crippen LogP contribution in [-0.2, 0) is 14.8 Å². The molecule has 12 heteroatoms. The van der Waals surface area contributed by atoms with Gasteiger partial charge in [-0.25, -0.2) is 8.42 Å². The third kappa shape index (κ3) is 4.13. The largest absolute Gasteiger partial charge is 0.459 e. The number of rotatable bonds is 4. The van der Waals surface area contributed by atoms with Crippen molar-refractivity contribution in [3.8, 4) is 0 Å². The number of sulfonamides is 1. The van der Waals surface area contributed by atoms with E-state index in [-0.39, 0.29) is 29.0 Å². The van der Waals surface area contributed by atoms with Gasteiger partial charge in [0.05, 0.1) is 23.9 Å². The van der Waals surface area contributed by atoms with E-state index in [4.69, 9.17) is 4.42 Å². The molecule has 0 N–H and O–H groups in total. The first-order valence-electron chi connectivity index (χ1n) is 10.8. The SMILES string of the molecule is O=C(c1ccco1)N1CCN(C(=O)[C@@H]2CCCN(S(=O)(=O)c3cccc4nsnc34)C2)CC1. The first-order chi connectivity index (χ1) is 15.9.